The van der Waals surface area contributed by atoms with Gasteiger partial charge < -0.3 is 4.90 Å². The number of alkyl halides is 3. The normalized spacial score (nSPS) is 22.1. The minimum absolute atomic E-state index is 0.179. The predicted molar refractivity (Wildman–Crippen MR) is 50.7 cm³/mol. The van der Waals surface area contributed by atoms with Crippen molar-refractivity contribution in [2.45, 2.75) is 25.1 Å². The van der Waals surface area contributed by atoms with Gasteiger partial charge in [-0.25, -0.2) is 0 Å². The Labute approximate surface area is 85.7 Å². The molecule has 5 heteroatoms. The standard InChI is InChI=1S/C10H11F3N2/c11-10(12,13)9-4-2-6-15(9)8-3-1-5-14-7-8/h1,3,5,7,9H,2,4,6H2/t9-/m0/s1. The van der Waals surface area contributed by atoms with Gasteiger partial charge in [-0.15, -0.1) is 0 Å². The summed E-state index contributed by atoms with van der Waals surface area (Å²) in [6, 6.07) is 1.97. The fraction of sp³-hybridized carbons (Fsp3) is 0.500. The van der Waals surface area contributed by atoms with Gasteiger partial charge in [0.05, 0.1) is 11.9 Å². The van der Waals surface area contributed by atoms with Gasteiger partial charge in [-0.05, 0) is 25.0 Å². The van der Waals surface area contributed by atoms with Crippen LogP contribution in [0.2, 0.25) is 0 Å². The molecule has 0 N–H and O–H groups in total. The molecule has 2 rings (SSSR count). The van der Waals surface area contributed by atoms with Crippen LogP contribution in [0, 0.1) is 0 Å². The van der Waals surface area contributed by atoms with Crippen molar-refractivity contribution >= 4 is 5.69 Å². The van der Waals surface area contributed by atoms with Crippen LogP contribution in [0.3, 0.4) is 0 Å². The van der Waals surface area contributed by atoms with Gasteiger partial charge in [-0.3, -0.25) is 4.98 Å². The highest BCUT2D eigenvalue weighted by molar-refractivity contribution is 5.46. The van der Waals surface area contributed by atoms with Crippen LogP contribution in [0.25, 0.3) is 0 Å². The smallest absolute Gasteiger partial charge is 0.359 e. The summed E-state index contributed by atoms with van der Waals surface area (Å²) in [6.45, 7) is 0.454. The Morgan fingerprint density at radius 2 is 2.20 bits per heavy atom. The second kappa shape index (κ2) is 3.72. The van der Waals surface area contributed by atoms with E-state index in [9.17, 15) is 13.2 Å². The molecule has 82 valence electrons. The molecule has 1 aromatic rings. The van der Waals surface area contributed by atoms with E-state index in [-0.39, 0.29) is 6.42 Å². The summed E-state index contributed by atoms with van der Waals surface area (Å²) < 4.78 is 37.9. The van der Waals surface area contributed by atoms with Crippen LogP contribution >= 0.6 is 0 Å². The molecule has 0 bridgehead atoms. The second-order valence-electron chi connectivity index (χ2n) is 3.60. The summed E-state index contributed by atoms with van der Waals surface area (Å²) in [5, 5.41) is 0. The van der Waals surface area contributed by atoms with Crippen molar-refractivity contribution in [2.24, 2.45) is 0 Å². The molecular weight excluding hydrogens is 205 g/mol. The van der Waals surface area contributed by atoms with Crippen LogP contribution in [-0.4, -0.2) is 23.7 Å². The molecule has 1 aliphatic rings. The number of pyridine rings is 1. The van der Waals surface area contributed by atoms with E-state index >= 15 is 0 Å². The Morgan fingerprint density at radius 1 is 1.40 bits per heavy atom. The van der Waals surface area contributed by atoms with Crippen LogP contribution in [0.4, 0.5) is 18.9 Å². The Hall–Kier alpha value is -1.26. The number of halogens is 3. The first-order valence-electron chi connectivity index (χ1n) is 4.82. The summed E-state index contributed by atoms with van der Waals surface area (Å²) in [6.07, 6.45) is -0.351. The summed E-state index contributed by atoms with van der Waals surface area (Å²) in [4.78, 5) is 5.22. The number of hydrogen-bond donors (Lipinski definition) is 0. The van der Waals surface area contributed by atoms with E-state index in [2.05, 4.69) is 4.98 Å². The molecule has 1 atom stereocenters. The summed E-state index contributed by atoms with van der Waals surface area (Å²) in [7, 11) is 0. The molecule has 0 spiro atoms. The lowest BCUT2D eigenvalue weighted by Gasteiger charge is -2.27. The topological polar surface area (TPSA) is 16.1 Å². The van der Waals surface area contributed by atoms with Crippen molar-refractivity contribution in [3.05, 3.63) is 24.5 Å². The third-order valence-electron chi connectivity index (χ3n) is 2.61. The molecular formula is C10H11F3N2. The zero-order chi connectivity index (χ0) is 10.9. The van der Waals surface area contributed by atoms with Crippen molar-refractivity contribution in [3.63, 3.8) is 0 Å². The number of hydrogen-bond acceptors (Lipinski definition) is 2. The van der Waals surface area contributed by atoms with Gasteiger partial charge in [-0.2, -0.15) is 13.2 Å². The molecule has 0 unspecified atom stereocenters. The predicted octanol–water partition coefficient (Wildman–Crippen LogP) is 2.61. The third-order valence-corrected chi connectivity index (χ3v) is 2.61. The Morgan fingerprint density at radius 3 is 2.80 bits per heavy atom. The van der Waals surface area contributed by atoms with Gasteiger partial charge >= 0.3 is 6.18 Å². The SMILES string of the molecule is FC(F)(F)[C@@H]1CCCN1c1cccnc1. The highest BCUT2D eigenvalue weighted by Crippen LogP contribution is 2.35. The molecule has 2 heterocycles. The van der Waals surface area contributed by atoms with Crippen LogP contribution in [-0.2, 0) is 0 Å². The second-order valence-corrected chi connectivity index (χ2v) is 3.60. The van der Waals surface area contributed by atoms with Gasteiger partial charge in [0, 0.05) is 12.7 Å². The van der Waals surface area contributed by atoms with E-state index in [0.717, 1.165) is 0 Å². The minimum atomic E-state index is -4.15. The summed E-state index contributed by atoms with van der Waals surface area (Å²) >= 11 is 0. The van der Waals surface area contributed by atoms with E-state index in [0.29, 0.717) is 18.7 Å². The van der Waals surface area contributed by atoms with Gasteiger partial charge in [0.1, 0.15) is 6.04 Å². The highest BCUT2D eigenvalue weighted by Gasteiger charge is 2.45. The fourth-order valence-electron chi connectivity index (χ4n) is 1.94. The largest absolute Gasteiger partial charge is 0.408 e. The molecule has 0 saturated carbocycles. The van der Waals surface area contributed by atoms with Crippen molar-refractivity contribution < 1.29 is 13.2 Å². The quantitative estimate of drug-likeness (QED) is 0.717. The first-order valence-corrected chi connectivity index (χ1v) is 4.82. The monoisotopic (exact) mass is 216 g/mol. The molecule has 0 aliphatic carbocycles. The van der Waals surface area contributed by atoms with E-state index in [4.69, 9.17) is 0 Å². The van der Waals surface area contributed by atoms with Gasteiger partial charge in [0.2, 0.25) is 0 Å². The number of nitrogens with zero attached hydrogens (tertiary/aromatic N) is 2. The first kappa shape index (κ1) is 10.3. The fourth-order valence-corrected chi connectivity index (χ4v) is 1.94. The molecule has 1 fully saturated rings. The maximum Gasteiger partial charge on any atom is 0.408 e. The highest BCUT2D eigenvalue weighted by atomic mass is 19.4. The Bertz CT molecular complexity index is 323. The zero-order valence-corrected chi connectivity index (χ0v) is 8.04. The average Bonchev–Trinajstić information content (AvgIpc) is 2.67. The van der Waals surface area contributed by atoms with Crippen LogP contribution in [0.15, 0.2) is 24.5 Å². The van der Waals surface area contributed by atoms with Crippen molar-refractivity contribution in [3.8, 4) is 0 Å². The first-order chi connectivity index (χ1) is 7.09. The van der Waals surface area contributed by atoms with Crippen molar-refractivity contribution in [1.82, 2.24) is 4.98 Å². The molecule has 0 amide bonds. The van der Waals surface area contributed by atoms with Crippen LogP contribution in [0.1, 0.15) is 12.8 Å². The number of anilines is 1. The van der Waals surface area contributed by atoms with E-state index in [1.54, 1.807) is 18.3 Å². The molecule has 1 saturated heterocycles. The molecule has 0 radical (unpaired) electrons. The van der Waals surface area contributed by atoms with E-state index in [1.165, 1.54) is 11.1 Å². The van der Waals surface area contributed by atoms with Crippen molar-refractivity contribution in [1.29, 1.82) is 0 Å². The van der Waals surface area contributed by atoms with E-state index in [1.807, 2.05) is 0 Å². The lowest BCUT2D eigenvalue weighted by atomic mass is 10.2. The third kappa shape index (κ3) is 2.06. The van der Waals surface area contributed by atoms with Gasteiger partial charge in [-0.1, -0.05) is 0 Å². The lowest BCUT2D eigenvalue weighted by Crippen LogP contribution is -2.41. The van der Waals surface area contributed by atoms with Crippen molar-refractivity contribution in [2.75, 3.05) is 11.4 Å². The Kier molecular flexibility index (Phi) is 2.54. The summed E-state index contributed by atoms with van der Waals surface area (Å²) in [5.41, 5.74) is 0.553. The maximum atomic E-state index is 12.6. The zero-order valence-electron chi connectivity index (χ0n) is 8.04. The van der Waals surface area contributed by atoms with Crippen LogP contribution in [0.5, 0.6) is 0 Å². The molecule has 0 aromatic carbocycles. The molecule has 1 aliphatic heterocycles. The van der Waals surface area contributed by atoms with Gasteiger partial charge in [0.25, 0.3) is 0 Å². The lowest BCUT2D eigenvalue weighted by molar-refractivity contribution is -0.145. The minimum Gasteiger partial charge on any atom is -0.359 e. The molecule has 2 nitrogen and oxygen atoms in total. The molecule has 15 heavy (non-hydrogen) atoms. The number of rotatable bonds is 1. The number of aromatic nitrogens is 1. The Balaban J connectivity index is 2.23. The maximum absolute atomic E-state index is 12.6. The summed E-state index contributed by atoms with van der Waals surface area (Å²) in [5.74, 6) is 0. The van der Waals surface area contributed by atoms with Gasteiger partial charge in [0.15, 0.2) is 0 Å². The van der Waals surface area contributed by atoms with Crippen LogP contribution < -0.4 is 4.90 Å². The average molecular weight is 216 g/mol. The van der Waals surface area contributed by atoms with E-state index < -0.39 is 12.2 Å². The molecule has 1 aromatic heterocycles.